The average molecular weight is 196 g/mol. The first-order valence-corrected chi connectivity index (χ1v) is 5.49. The highest BCUT2D eigenvalue weighted by molar-refractivity contribution is 5.78. The van der Waals surface area contributed by atoms with Gasteiger partial charge < -0.3 is 10.2 Å². The summed E-state index contributed by atoms with van der Waals surface area (Å²) in [6.07, 6.45) is 0.745. The van der Waals surface area contributed by atoms with Gasteiger partial charge in [-0.1, -0.05) is 0 Å². The van der Waals surface area contributed by atoms with Crippen LogP contribution in [0.25, 0.3) is 0 Å². The van der Waals surface area contributed by atoms with Crippen molar-refractivity contribution in [3.8, 4) is 0 Å². The van der Waals surface area contributed by atoms with Crippen molar-refractivity contribution in [3.05, 3.63) is 0 Å². The first-order chi connectivity index (χ1) is 6.48. The van der Waals surface area contributed by atoms with Crippen LogP contribution >= 0.6 is 0 Å². The molecule has 0 aromatic rings. The Balaban J connectivity index is 2.10. The van der Waals surface area contributed by atoms with Crippen LogP contribution in [-0.4, -0.2) is 36.0 Å². The van der Waals surface area contributed by atoms with E-state index in [2.05, 4.69) is 26.1 Å². The van der Waals surface area contributed by atoms with Crippen LogP contribution in [0.1, 0.15) is 27.2 Å². The standard InChI is InChI=1S/C11H20N2O/c1-11(2,3)13-7-9-6-12-5-8(9)4-10(13)14/h8-9,12H,4-7H2,1-3H3/t8-,9-/m1/s1. The Morgan fingerprint density at radius 1 is 1.29 bits per heavy atom. The minimum atomic E-state index is -0.00928. The number of hydrogen-bond acceptors (Lipinski definition) is 2. The molecule has 0 unspecified atom stereocenters. The van der Waals surface area contributed by atoms with E-state index in [1.54, 1.807) is 0 Å². The van der Waals surface area contributed by atoms with E-state index in [0.717, 1.165) is 26.1 Å². The minimum Gasteiger partial charge on any atom is -0.338 e. The van der Waals surface area contributed by atoms with Gasteiger partial charge in [0.15, 0.2) is 0 Å². The fourth-order valence-electron chi connectivity index (χ4n) is 2.56. The molecule has 1 N–H and O–H groups in total. The maximum atomic E-state index is 11.9. The van der Waals surface area contributed by atoms with Crippen LogP contribution in [0.2, 0.25) is 0 Å². The second kappa shape index (κ2) is 3.23. The Morgan fingerprint density at radius 3 is 2.57 bits per heavy atom. The predicted molar refractivity (Wildman–Crippen MR) is 55.9 cm³/mol. The molecule has 14 heavy (non-hydrogen) atoms. The molecular weight excluding hydrogens is 176 g/mol. The third kappa shape index (κ3) is 1.65. The van der Waals surface area contributed by atoms with E-state index in [4.69, 9.17) is 0 Å². The number of nitrogens with zero attached hydrogens (tertiary/aromatic N) is 1. The highest BCUT2D eigenvalue weighted by Gasteiger charge is 2.40. The Kier molecular flexibility index (Phi) is 2.30. The summed E-state index contributed by atoms with van der Waals surface area (Å²) in [5.74, 6) is 1.62. The zero-order valence-corrected chi connectivity index (χ0v) is 9.34. The van der Waals surface area contributed by atoms with Crippen molar-refractivity contribution < 1.29 is 4.79 Å². The summed E-state index contributed by atoms with van der Waals surface area (Å²) in [7, 11) is 0. The van der Waals surface area contributed by atoms with E-state index < -0.39 is 0 Å². The van der Waals surface area contributed by atoms with Crippen LogP contribution in [-0.2, 0) is 4.79 Å². The quantitative estimate of drug-likeness (QED) is 0.623. The molecule has 0 bridgehead atoms. The van der Waals surface area contributed by atoms with Gasteiger partial charge in [-0.15, -0.1) is 0 Å². The number of amides is 1. The van der Waals surface area contributed by atoms with E-state index in [-0.39, 0.29) is 5.54 Å². The van der Waals surface area contributed by atoms with Crippen molar-refractivity contribution in [1.82, 2.24) is 10.2 Å². The molecule has 0 aromatic carbocycles. The SMILES string of the molecule is CC(C)(C)N1C[C@H]2CNC[C@H]2CC1=O. The summed E-state index contributed by atoms with van der Waals surface area (Å²) < 4.78 is 0. The number of nitrogens with one attached hydrogen (secondary N) is 1. The number of fused-ring (bicyclic) bond motifs is 1. The van der Waals surface area contributed by atoms with Crippen molar-refractivity contribution in [2.45, 2.75) is 32.7 Å². The van der Waals surface area contributed by atoms with Gasteiger partial charge in [0.25, 0.3) is 0 Å². The number of rotatable bonds is 0. The van der Waals surface area contributed by atoms with E-state index >= 15 is 0 Å². The predicted octanol–water partition coefficient (Wildman–Crippen LogP) is 0.853. The molecule has 2 atom stereocenters. The molecule has 3 nitrogen and oxygen atoms in total. The van der Waals surface area contributed by atoms with E-state index in [0.29, 0.717) is 17.7 Å². The van der Waals surface area contributed by atoms with Crippen LogP contribution in [0.15, 0.2) is 0 Å². The average Bonchev–Trinajstić information content (AvgIpc) is 2.47. The van der Waals surface area contributed by atoms with Gasteiger partial charge in [-0.2, -0.15) is 0 Å². The molecule has 3 heteroatoms. The fourth-order valence-corrected chi connectivity index (χ4v) is 2.56. The fraction of sp³-hybridized carbons (Fsp3) is 0.909. The third-order valence-electron chi connectivity index (χ3n) is 3.44. The zero-order chi connectivity index (χ0) is 10.3. The van der Waals surface area contributed by atoms with Gasteiger partial charge in [0.1, 0.15) is 0 Å². The van der Waals surface area contributed by atoms with Crippen molar-refractivity contribution in [2.75, 3.05) is 19.6 Å². The van der Waals surface area contributed by atoms with Crippen molar-refractivity contribution >= 4 is 5.91 Å². The third-order valence-corrected chi connectivity index (χ3v) is 3.44. The van der Waals surface area contributed by atoms with Crippen LogP contribution < -0.4 is 5.32 Å². The summed E-state index contributed by atoms with van der Waals surface area (Å²) in [6.45, 7) is 9.42. The Hall–Kier alpha value is -0.570. The molecule has 1 amide bonds. The van der Waals surface area contributed by atoms with Crippen molar-refractivity contribution in [1.29, 1.82) is 0 Å². The number of piperidine rings is 1. The van der Waals surface area contributed by atoms with Gasteiger partial charge >= 0.3 is 0 Å². The molecule has 0 aromatic heterocycles. The summed E-state index contributed by atoms with van der Waals surface area (Å²) in [5, 5.41) is 3.38. The van der Waals surface area contributed by atoms with Crippen molar-refractivity contribution in [2.24, 2.45) is 11.8 Å². The molecule has 0 radical (unpaired) electrons. The van der Waals surface area contributed by atoms with Crippen LogP contribution in [0.4, 0.5) is 0 Å². The van der Waals surface area contributed by atoms with E-state index in [1.807, 2.05) is 4.90 Å². The van der Waals surface area contributed by atoms with Gasteiger partial charge in [0, 0.05) is 18.5 Å². The molecule has 2 rings (SSSR count). The number of hydrogen-bond donors (Lipinski definition) is 1. The van der Waals surface area contributed by atoms with Gasteiger partial charge in [-0.05, 0) is 45.7 Å². The van der Waals surface area contributed by atoms with Gasteiger partial charge in [-0.3, -0.25) is 4.79 Å². The van der Waals surface area contributed by atoms with Gasteiger partial charge in [0.2, 0.25) is 5.91 Å². The van der Waals surface area contributed by atoms with Crippen LogP contribution in [0, 0.1) is 11.8 Å². The van der Waals surface area contributed by atoms with Gasteiger partial charge in [0.05, 0.1) is 0 Å². The number of carbonyl (C=O) groups is 1. The second-order valence-corrected chi connectivity index (χ2v) is 5.56. The highest BCUT2D eigenvalue weighted by atomic mass is 16.2. The summed E-state index contributed by atoms with van der Waals surface area (Å²) in [6, 6.07) is 0. The molecule has 2 aliphatic rings. The number of carbonyl (C=O) groups excluding carboxylic acids is 1. The second-order valence-electron chi connectivity index (χ2n) is 5.56. The smallest absolute Gasteiger partial charge is 0.223 e. The molecular formula is C11H20N2O. The lowest BCUT2D eigenvalue weighted by atomic mass is 9.86. The Morgan fingerprint density at radius 2 is 1.93 bits per heavy atom. The monoisotopic (exact) mass is 196 g/mol. The van der Waals surface area contributed by atoms with E-state index in [9.17, 15) is 4.79 Å². The van der Waals surface area contributed by atoms with Gasteiger partial charge in [-0.25, -0.2) is 0 Å². The Bertz CT molecular complexity index is 244. The Labute approximate surface area is 85.8 Å². The largest absolute Gasteiger partial charge is 0.338 e. The molecule has 2 fully saturated rings. The topological polar surface area (TPSA) is 32.3 Å². The van der Waals surface area contributed by atoms with E-state index in [1.165, 1.54) is 0 Å². The normalized spacial score (nSPS) is 33.4. The maximum Gasteiger partial charge on any atom is 0.223 e. The first-order valence-electron chi connectivity index (χ1n) is 5.49. The lowest BCUT2D eigenvalue weighted by molar-refractivity contribution is -0.141. The summed E-state index contributed by atoms with van der Waals surface area (Å²) >= 11 is 0. The lowest BCUT2D eigenvalue weighted by Gasteiger charge is -2.42. The zero-order valence-electron chi connectivity index (χ0n) is 9.34. The summed E-state index contributed by atoms with van der Waals surface area (Å²) in [5.41, 5.74) is -0.00928. The molecule has 0 aliphatic carbocycles. The molecule has 2 heterocycles. The molecule has 80 valence electrons. The molecule has 0 saturated carbocycles. The molecule has 2 aliphatic heterocycles. The highest BCUT2D eigenvalue weighted by Crippen LogP contribution is 2.31. The molecule has 0 spiro atoms. The van der Waals surface area contributed by atoms with Crippen molar-refractivity contribution in [3.63, 3.8) is 0 Å². The molecule has 2 saturated heterocycles. The maximum absolute atomic E-state index is 11.9. The minimum absolute atomic E-state index is 0.00928. The summed E-state index contributed by atoms with van der Waals surface area (Å²) in [4.78, 5) is 13.9. The number of likely N-dealkylation sites (tertiary alicyclic amines) is 1. The van der Waals surface area contributed by atoms with Crippen LogP contribution in [0.5, 0.6) is 0 Å². The van der Waals surface area contributed by atoms with Crippen LogP contribution in [0.3, 0.4) is 0 Å². The first kappa shape index (κ1) is 9.97. The lowest BCUT2D eigenvalue weighted by Crippen LogP contribution is -2.52.